The standard InChI is InChI=1S/C6H14N2O4S.C6H13NO2/c1-3-4(2)5(7)6(9)8-13(10,11)12;1-4(2)3-5(7)6(8)9/h4-5H,3,7H2,1-2H3,(H,8,9)(H,10,11,12);4-5H,3,7H2,1-2H3,(H,8,9)/t4-,5+;5-/m10/s1. The van der Waals surface area contributed by atoms with Gasteiger partial charge in [-0.15, -0.1) is 0 Å². The fourth-order valence-corrected chi connectivity index (χ4v) is 1.71. The summed E-state index contributed by atoms with van der Waals surface area (Å²) >= 11 is 0. The number of carboxylic acid groups (broad SMARTS) is 1. The summed E-state index contributed by atoms with van der Waals surface area (Å²) < 4.78 is 30.1. The van der Waals surface area contributed by atoms with Crippen LogP contribution in [0.15, 0.2) is 0 Å². The maximum atomic E-state index is 11.0. The van der Waals surface area contributed by atoms with Gasteiger partial charge < -0.3 is 16.6 Å². The van der Waals surface area contributed by atoms with Gasteiger partial charge in [-0.3, -0.25) is 14.1 Å². The van der Waals surface area contributed by atoms with E-state index < -0.39 is 34.3 Å². The van der Waals surface area contributed by atoms with Crippen LogP contribution >= 0.6 is 0 Å². The van der Waals surface area contributed by atoms with Crippen molar-refractivity contribution < 1.29 is 27.7 Å². The fourth-order valence-electron chi connectivity index (χ4n) is 1.32. The molecule has 0 unspecified atom stereocenters. The molecular formula is C12H27N3O6S. The summed E-state index contributed by atoms with van der Waals surface area (Å²) in [6.07, 6.45) is 1.20. The molecule has 0 radical (unpaired) electrons. The second-order valence-corrected chi connectivity index (χ2v) is 6.58. The molecule has 3 atom stereocenters. The van der Waals surface area contributed by atoms with Gasteiger partial charge >= 0.3 is 16.3 Å². The number of rotatable bonds is 7. The molecule has 0 fully saturated rings. The number of hydrogen-bond donors (Lipinski definition) is 5. The average Bonchev–Trinajstić information content (AvgIpc) is 2.34. The summed E-state index contributed by atoms with van der Waals surface area (Å²) in [5.74, 6) is -1.58. The molecule has 0 aromatic carbocycles. The van der Waals surface area contributed by atoms with E-state index in [0.717, 1.165) is 0 Å². The van der Waals surface area contributed by atoms with E-state index in [1.807, 2.05) is 20.8 Å². The van der Waals surface area contributed by atoms with Gasteiger partial charge in [-0.25, -0.2) is 4.72 Å². The molecule has 0 heterocycles. The SMILES string of the molecule is CC(C)C[C@H](N)C(=O)O.CC[C@@H](C)[C@H](N)C(=O)NS(=O)(=O)O. The smallest absolute Gasteiger partial charge is 0.359 e. The summed E-state index contributed by atoms with van der Waals surface area (Å²) in [5.41, 5.74) is 10.6. The molecule has 9 nitrogen and oxygen atoms in total. The molecule has 10 heteroatoms. The van der Waals surface area contributed by atoms with Gasteiger partial charge in [-0.2, -0.15) is 8.42 Å². The van der Waals surface area contributed by atoms with Gasteiger partial charge in [0.05, 0.1) is 6.04 Å². The fraction of sp³-hybridized carbons (Fsp3) is 0.833. The lowest BCUT2D eigenvalue weighted by molar-refractivity contribution is -0.138. The van der Waals surface area contributed by atoms with Crippen LogP contribution in [0.4, 0.5) is 0 Å². The second kappa shape index (κ2) is 10.5. The molecule has 1 amide bonds. The Morgan fingerprint density at radius 3 is 1.86 bits per heavy atom. The summed E-state index contributed by atoms with van der Waals surface area (Å²) in [4.78, 5) is 21.1. The largest absolute Gasteiger partial charge is 0.480 e. The van der Waals surface area contributed by atoms with E-state index in [1.54, 1.807) is 6.92 Å². The molecule has 0 aliphatic rings. The summed E-state index contributed by atoms with van der Waals surface area (Å²) in [7, 11) is -4.49. The molecule has 0 saturated heterocycles. The third-order valence-corrected chi connectivity index (χ3v) is 3.29. The topological polar surface area (TPSA) is 173 Å². The monoisotopic (exact) mass is 341 g/mol. The highest BCUT2D eigenvalue weighted by atomic mass is 32.2. The van der Waals surface area contributed by atoms with Crippen molar-refractivity contribution in [2.24, 2.45) is 23.3 Å². The molecule has 0 rings (SSSR count). The number of nitrogens with two attached hydrogens (primary N) is 2. The molecule has 0 aromatic heterocycles. The molecule has 0 bridgehead atoms. The maximum absolute atomic E-state index is 11.0. The van der Waals surface area contributed by atoms with Crippen molar-refractivity contribution in [1.29, 1.82) is 0 Å². The van der Waals surface area contributed by atoms with E-state index in [2.05, 4.69) is 0 Å². The quantitative estimate of drug-likeness (QED) is 0.393. The Morgan fingerprint density at radius 2 is 1.64 bits per heavy atom. The zero-order chi connectivity index (χ0) is 18.1. The minimum Gasteiger partial charge on any atom is -0.480 e. The van der Waals surface area contributed by atoms with E-state index in [9.17, 15) is 18.0 Å². The van der Waals surface area contributed by atoms with Crippen LogP contribution in [-0.4, -0.2) is 42.0 Å². The molecule has 0 aliphatic heterocycles. The first-order chi connectivity index (χ1) is 9.81. The van der Waals surface area contributed by atoms with Crippen LogP contribution in [0.3, 0.4) is 0 Å². The van der Waals surface area contributed by atoms with Crippen LogP contribution in [-0.2, 0) is 19.9 Å². The molecular weight excluding hydrogens is 314 g/mol. The molecule has 0 aliphatic carbocycles. The second-order valence-electron chi connectivity index (χ2n) is 5.43. The minimum absolute atomic E-state index is 0.137. The van der Waals surface area contributed by atoms with Crippen molar-refractivity contribution in [3.63, 3.8) is 0 Å². The van der Waals surface area contributed by atoms with E-state index in [4.69, 9.17) is 21.1 Å². The van der Waals surface area contributed by atoms with Crippen molar-refractivity contribution in [3.05, 3.63) is 0 Å². The van der Waals surface area contributed by atoms with Crippen LogP contribution in [0.1, 0.15) is 40.5 Å². The number of carbonyl (C=O) groups is 2. The third-order valence-electron chi connectivity index (χ3n) is 2.83. The van der Waals surface area contributed by atoms with Gasteiger partial charge in [0.2, 0.25) is 0 Å². The van der Waals surface area contributed by atoms with Crippen molar-refractivity contribution >= 4 is 22.2 Å². The Bertz CT molecular complexity index is 452. The van der Waals surface area contributed by atoms with Crippen molar-refractivity contribution in [3.8, 4) is 0 Å². The van der Waals surface area contributed by atoms with Gasteiger partial charge in [0, 0.05) is 0 Å². The van der Waals surface area contributed by atoms with Crippen molar-refractivity contribution in [2.75, 3.05) is 0 Å². The molecule has 0 spiro atoms. The molecule has 22 heavy (non-hydrogen) atoms. The number of carbonyl (C=O) groups excluding carboxylic acids is 1. The Balaban J connectivity index is 0. The zero-order valence-corrected chi connectivity index (χ0v) is 14.1. The highest BCUT2D eigenvalue weighted by Crippen LogP contribution is 2.05. The molecule has 0 aromatic rings. The molecule has 7 N–H and O–H groups in total. The Kier molecular flexibility index (Phi) is 11.0. The van der Waals surface area contributed by atoms with Gasteiger partial charge in [-0.05, 0) is 18.3 Å². The number of hydrogen-bond acceptors (Lipinski definition) is 6. The van der Waals surface area contributed by atoms with Crippen LogP contribution in [0.25, 0.3) is 0 Å². The summed E-state index contributed by atoms with van der Waals surface area (Å²) in [6, 6.07) is -1.61. The Morgan fingerprint density at radius 1 is 1.18 bits per heavy atom. The highest BCUT2D eigenvalue weighted by Gasteiger charge is 2.22. The van der Waals surface area contributed by atoms with E-state index >= 15 is 0 Å². The van der Waals surface area contributed by atoms with E-state index in [0.29, 0.717) is 18.8 Å². The Labute approximate surface area is 131 Å². The first kappa shape index (κ1) is 23.0. The van der Waals surface area contributed by atoms with Gasteiger partial charge in [0.25, 0.3) is 5.91 Å². The number of amides is 1. The highest BCUT2D eigenvalue weighted by molar-refractivity contribution is 7.84. The van der Waals surface area contributed by atoms with Crippen LogP contribution < -0.4 is 16.2 Å². The summed E-state index contributed by atoms with van der Waals surface area (Å²) in [6.45, 7) is 7.44. The van der Waals surface area contributed by atoms with Gasteiger partial charge in [0.15, 0.2) is 0 Å². The molecule has 0 saturated carbocycles. The number of nitrogens with one attached hydrogen (secondary N) is 1. The number of carboxylic acids is 1. The van der Waals surface area contributed by atoms with Crippen molar-refractivity contribution in [2.45, 2.75) is 52.6 Å². The first-order valence-electron chi connectivity index (χ1n) is 6.84. The average molecular weight is 341 g/mol. The minimum atomic E-state index is -4.49. The Hall–Kier alpha value is -1.23. The van der Waals surface area contributed by atoms with Gasteiger partial charge in [-0.1, -0.05) is 34.1 Å². The lowest BCUT2D eigenvalue weighted by Gasteiger charge is -2.16. The van der Waals surface area contributed by atoms with Gasteiger partial charge in [0.1, 0.15) is 6.04 Å². The van der Waals surface area contributed by atoms with E-state index in [-0.39, 0.29) is 5.92 Å². The summed E-state index contributed by atoms with van der Waals surface area (Å²) in [5, 5.41) is 8.31. The zero-order valence-electron chi connectivity index (χ0n) is 13.3. The number of aliphatic carboxylic acids is 1. The predicted octanol–water partition coefficient (Wildman–Crippen LogP) is -0.277. The van der Waals surface area contributed by atoms with Crippen LogP contribution in [0.2, 0.25) is 0 Å². The lowest BCUT2D eigenvalue weighted by Crippen LogP contribution is -2.46. The predicted molar refractivity (Wildman–Crippen MR) is 82.2 cm³/mol. The van der Waals surface area contributed by atoms with Crippen molar-refractivity contribution in [1.82, 2.24) is 4.72 Å². The molecule has 132 valence electrons. The lowest BCUT2D eigenvalue weighted by atomic mass is 10.00. The third kappa shape index (κ3) is 12.5. The van der Waals surface area contributed by atoms with Crippen LogP contribution in [0.5, 0.6) is 0 Å². The normalized spacial score (nSPS) is 15.3. The van der Waals surface area contributed by atoms with E-state index in [1.165, 1.54) is 4.72 Å². The van der Waals surface area contributed by atoms with Crippen LogP contribution in [0, 0.1) is 11.8 Å². The first-order valence-corrected chi connectivity index (χ1v) is 8.28. The maximum Gasteiger partial charge on any atom is 0.359 e.